The molecule has 1 rings (SSSR count). The van der Waals surface area contributed by atoms with Crippen molar-refractivity contribution in [3.63, 3.8) is 0 Å². The maximum absolute atomic E-state index is 11.6. The summed E-state index contributed by atoms with van der Waals surface area (Å²) in [4.78, 5) is 11.6. The molecule has 1 aliphatic rings. The standard InChI is InChI=1S/C12H24N2O/c1-9-4-6-10(7-5-9)14-8-11(15)12(2,3)13/h9-10,14H,4-8,13H2,1-3H3. The van der Waals surface area contributed by atoms with Crippen LogP contribution in [0, 0.1) is 5.92 Å². The van der Waals surface area contributed by atoms with Gasteiger partial charge in [0, 0.05) is 6.04 Å². The van der Waals surface area contributed by atoms with Gasteiger partial charge in [0.2, 0.25) is 0 Å². The predicted molar refractivity (Wildman–Crippen MR) is 62.7 cm³/mol. The topological polar surface area (TPSA) is 55.1 Å². The fourth-order valence-corrected chi connectivity index (χ4v) is 1.93. The highest BCUT2D eigenvalue weighted by atomic mass is 16.1. The number of nitrogens with one attached hydrogen (secondary N) is 1. The van der Waals surface area contributed by atoms with Crippen molar-refractivity contribution in [1.29, 1.82) is 0 Å². The first-order chi connectivity index (χ1) is 6.89. The van der Waals surface area contributed by atoms with Gasteiger partial charge in [0.25, 0.3) is 0 Å². The van der Waals surface area contributed by atoms with Gasteiger partial charge in [-0.1, -0.05) is 6.92 Å². The summed E-state index contributed by atoms with van der Waals surface area (Å²) in [5.41, 5.74) is 5.03. The van der Waals surface area contributed by atoms with E-state index >= 15 is 0 Å². The molecule has 3 nitrogen and oxygen atoms in total. The molecular weight excluding hydrogens is 188 g/mol. The Balaban J connectivity index is 2.23. The molecule has 0 aromatic heterocycles. The summed E-state index contributed by atoms with van der Waals surface area (Å²) in [5.74, 6) is 0.950. The van der Waals surface area contributed by atoms with Crippen molar-refractivity contribution >= 4 is 5.78 Å². The molecule has 0 spiro atoms. The molecule has 0 aliphatic heterocycles. The van der Waals surface area contributed by atoms with Crippen molar-refractivity contribution in [2.75, 3.05) is 6.54 Å². The van der Waals surface area contributed by atoms with Crippen LogP contribution in [-0.2, 0) is 4.79 Å². The van der Waals surface area contributed by atoms with Crippen LogP contribution >= 0.6 is 0 Å². The van der Waals surface area contributed by atoms with Crippen LogP contribution in [0.2, 0.25) is 0 Å². The molecule has 0 heterocycles. The SMILES string of the molecule is CC1CCC(NCC(=O)C(C)(C)N)CC1. The Kier molecular flexibility index (Phi) is 4.29. The minimum Gasteiger partial charge on any atom is -0.319 e. The molecular formula is C12H24N2O. The number of Topliss-reactive ketones (excluding diaryl/α,β-unsaturated/α-hetero) is 1. The molecule has 3 N–H and O–H groups in total. The lowest BCUT2D eigenvalue weighted by Gasteiger charge is -2.28. The third-order valence-electron chi connectivity index (χ3n) is 3.29. The van der Waals surface area contributed by atoms with Gasteiger partial charge in [0.05, 0.1) is 12.1 Å². The van der Waals surface area contributed by atoms with Crippen LogP contribution in [-0.4, -0.2) is 23.9 Å². The molecule has 1 fully saturated rings. The van der Waals surface area contributed by atoms with Gasteiger partial charge in [-0.3, -0.25) is 4.79 Å². The maximum atomic E-state index is 11.6. The zero-order valence-electron chi connectivity index (χ0n) is 10.2. The average molecular weight is 212 g/mol. The van der Waals surface area contributed by atoms with E-state index in [0.717, 1.165) is 5.92 Å². The Morgan fingerprint density at radius 2 is 1.87 bits per heavy atom. The van der Waals surface area contributed by atoms with Crippen LogP contribution in [0.25, 0.3) is 0 Å². The highest BCUT2D eigenvalue weighted by Crippen LogP contribution is 2.23. The Labute approximate surface area is 92.8 Å². The third kappa shape index (κ3) is 4.31. The predicted octanol–water partition coefficient (Wildman–Crippen LogP) is 1.46. The fourth-order valence-electron chi connectivity index (χ4n) is 1.93. The van der Waals surface area contributed by atoms with Crippen molar-refractivity contribution in [3.8, 4) is 0 Å². The summed E-state index contributed by atoms with van der Waals surface area (Å²) in [6, 6.07) is 0.521. The zero-order chi connectivity index (χ0) is 11.5. The molecule has 0 radical (unpaired) electrons. The molecule has 0 unspecified atom stereocenters. The second-order valence-corrected chi connectivity index (χ2v) is 5.48. The van der Waals surface area contributed by atoms with Gasteiger partial charge in [0.1, 0.15) is 0 Å². The molecule has 0 amide bonds. The number of carbonyl (C=O) groups is 1. The van der Waals surface area contributed by atoms with Crippen LogP contribution in [0.3, 0.4) is 0 Å². The van der Waals surface area contributed by atoms with E-state index in [0.29, 0.717) is 12.6 Å². The molecule has 0 bridgehead atoms. The summed E-state index contributed by atoms with van der Waals surface area (Å²) in [5, 5.41) is 3.32. The lowest BCUT2D eigenvalue weighted by molar-refractivity contribution is -0.122. The summed E-state index contributed by atoms with van der Waals surface area (Å²) in [7, 11) is 0. The van der Waals surface area contributed by atoms with E-state index in [4.69, 9.17) is 5.73 Å². The maximum Gasteiger partial charge on any atom is 0.165 e. The lowest BCUT2D eigenvalue weighted by atomic mass is 9.87. The smallest absolute Gasteiger partial charge is 0.165 e. The Bertz CT molecular complexity index is 212. The number of nitrogens with two attached hydrogens (primary N) is 1. The van der Waals surface area contributed by atoms with Crippen molar-refractivity contribution < 1.29 is 4.79 Å². The van der Waals surface area contributed by atoms with E-state index in [1.807, 2.05) is 0 Å². The molecule has 88 valence electrons. The Morgan fingerprint density at radius 3 is 2.33 bits per heavy atom. The number of hydrogen-bond acceptors (Lipinski definition) is 3. The van der Waals surface area contributed by atoms with E-state index in [1.54, 1.807) is 13.8 Å². The summed E-state index contributed by atoms with van der Waals surface area (Å²) >= 11 is 0. The first-order valence-corrected chi connectivity index (χ1v) is 5.95. The lowest BCUT2D eigenvalue weighted by Crippen LogP contribution is -2.48. The minimum atomic E-state index is -0.699. The summed E-state index contributed by atoms with van der Waals surface area (Å²) in [6.45, 7) is 6.24. The van der Waals surface area contributed by atoms with Crippen LogP contribution in [0.5, 0.6) is 0 Å². The zero-order valence-corrected chi connectivity index (χ0v) is 10.2. The first kappa shape index (κ1) is 12.7. The van der Waals surface area contributed by atoms with Gasteiger partial charge in [0.15, 0.2) is 5.78 Å². The highest BCUT2D eigenvalue weighted by molar-refractivity contribution is 5.89. The van der Waals surface area contributed by atoms with Gasteiger partial charge >= 0.3 is 0 Å². The molecule has 0 saturated heterocycles. The second-order valence-electron chi connectivity index (χ2n) is 5.48. The van der Waals surface area contributed by atoms with Gasteiger partial charge in [-0.2, -0.15) is 0 Å². The molecule has 1 aliphatic carbocycles. The third-order valence-corrected chi connectivity index (χ3v) is 3.29. The summed E-state index contributed by atoms with van der Waals surface area (Å²) < 4.78 is 0. The molecule has 0 aromatic carbocycles. The number of carbonyl (C=O) groups excluding carboxylic acids is 1. The van der Waals surface area contributed by atoms with E-state index < -0.39 is 5.54 Å². The van der Waals surface area contributed by atoms with Crippen molar-refractivity contribution in [1.82, 2.24) is 5.32 Å². The van der Waals surface area contributed by atoms with Gasteiger partial charge in [-0.05, 0) is 45.4 Å². The Hall–Kier alpha value is -0.410. The van der Waals surface area contributed by atoms with Crippen molar-refractivity contribution in [3.05, 3.63) is 0 Å². The highest BCUT2D eigenvalue weighted by Gasteiger charge is 2.23. The van der Waals surface area contributed by atoms with Gasteiger partial charge in [-0.25, -0.2) is 0 Å². The number of ketones is 1. The van der Waals surface area contributed by atoms with E-state index in [-0.39, 0.29) is 5.78 Å². The van der Waals surface area contributed by atoms with Crippen LogP contribution in [0.4, 0.5) is 0 Å². The molecule has 0 aromatic rings. The van der Waals surface area contributed by atoms with Gasteiger partial charge < -0.3 is 11.1 Å². The van der Waals surface area contributed by atoms with E-state index in [9.17, 15) is 4.79 Å². The average Bonchev–Trinajstić information content (AvgIpc) is 2.15. The molecule has 0 atom stereocenters. The van der Waals surface area contributed by atoms with Crippen LogP contribution in [0.15, 0.2) is 0 Å². The molecule has 3 heteroatoms. The molecule has 1 saturated carbocycles. The Morgan fingerprint density at radius 1 is 1.33 bits per heavy atom. The largest absolute Gasteiger partial charge is 0.319 e. The summed E-state index contributed by atoms with van der Waals surface area (Å²) in [6.07, 6.45) is 4.94. The number of hydrogen-bond donors (Lipinski definition) is 2. The minimum absolute atomic E-state index is 0.0983. The second kappa shape index (κ2) is 5.08. The van der Waals surface area contributed by atoms with Gasteiger partial charge in [-0.15, -0.1) is 0 Å². The number of rotatable bonds is 4. The quantitative estimate of drug-likeness (QED) is 0.742. The van der Waals surface area contributed by atoms with Crippen LogP contribution < -0.4 is 11.1 Å². The normalized spacial score (nSPS) is 27.7. The van der Waals surface area contributed by atoms with Crippen molar-refractivity contribution in [2.24, 2.45) is 11.7 Å². The van der Waals surface area contributed by atoms with E-state index in [2.05, 4.69) is 12.2 Å². The molecule has 15 heavy (non-hydrogen) atoms. The van der Waals surface area contributed by atoms with Crippen LogP contribution in [0.1, 0.15) is 46.5 Å². The first-order valence-electron chi connectivity index (χ1n) is 5.95. The van der Waals surface area contributed by atoms with E-state index in [1.165, 1.54) is 25.7 Å². The monoisotopic (exact) mass is 212 g/mol. The van der Waals surface area contributed by atoms with Crippen molar-refractivity contribution in [2.45, 2.75) is 58.0 Å². The fraction of sp³-hybridized carbons (Fsp3) is 0.917.